The smallest absolute Gasteiger partial charge is 0.256 e. The summed E-state index contributed by atoms with van der Waals surface area (Å²) in [7, 11) is 0. The normalized spacial score (nSPS) is 16.5. The molecule has 1 aliphatic rings. The molecule has 1 saturated carbocycles. The third-order valence-electron chi connectivity index (χ3n) is 2.06. The summed E-state index contributed by atoms with van der Waals surface area (Å²) >= 11 is 0. The molecule has 4 nitrogen and oxygen atoms in total. The quantitative estimate of drug-likeness (QED) is 0.770. The number of rotatable bonds is 3. The summed E-state index contributed by atoms with van der Waals surface area (Å²) in [4.78, 5) is 0. The van der Waals surface area contributed by atoms with Crippen LogP contribution in [0.25, 0.3) is 0 Å². The SMILES string of the molecule is CC(C)n1cc(N)c(OC2CC2)n1. The summed E-state index contributed by atoms with van der Waals surface area (Å²) in [5, 5.41) is 4.26. The lowest BCUT2D eigenvalue weighted by Gasteiger charge is -2.03. The van der Waals surface area contributed by atoms with Gasteiger partial charge in [-0.3, -0.25) is 4.68 Å². The van der Waals surface area contributed by atoms with Gasteiger partial charge in [-0.05, 0) is 26.7 Å². The van der Waals surface area contributed by atoms with E-state index >= 15 is 0 Å². The lowest BCUT2D eigenvalue weighted by atomic mass is 10.4. The molecule has 72 valence electrons. The molecule has 0 bridgehead atoms. The van der Waals surface area contributed by atoms with Gasteiger partial charge in [0.1, 0.15) is 11.8 Å². The Hall–Kier alpha value is -1.19. The first-order chi connectivity index (χ1) is 6.16. The van der Waals surface area contributed by atoms with Crippen LogP contribution in [0.1, 0.15) is 32.7 Å². The maximum atomic E-state index is 5.75. The molecular weight excluding hydrogens is 166 g/mol. The maximum Gasteiger partial charge on any atom is 0.256 e. The summed E-state index contributed by atoms with van der Waals surface area (Å²) in [5.41, 5.74) is 6.39. The number of nitrogens with two attached hydrogens (primary N) is 1. The fourth-order valence-corrected chi connectivity index (χ4v) is 1.09. The third kappa shape index (κ3) is 1.76. The number of hydrogen-bond acceptors (Lipinski definition) is 3. The van der Waals surface area contributed by atoms with Gasteiger partial charge in [-0.1, -0.05) is 0 Å². The van der Waals surface area contributed by atoms with E-state index in [0.29, 0.717) is 23.7 Å². The van der Waals surface area contributed by atoms with Crippen LogP contribution in [0.2, 0.25) is 0 Å². The van der Waals surface area contributed by atoms with Gasteiger partial charge in [0.25, 0.3) is 5.88 Å². The second-order valence-electron chi connectivity index (χ2n) is 3.78. The molecule has 2 N–H and O–H groups in total. The van der Waals surface area contributed by atoms with E-state index in [1.165, 1.54) is 0 Å². The van der Waals surface area contributed by atoms with Gasteiger partial charge in [0, 0.05) is 6.04 Å². The first kappa shape index (κ1) is 8.41. The molecule has 4 heteroatoms. The zero-order valence-electron chi connectivity index (χ0n) is 8.03. The van der Waals surface area contributed by atoms with Crippen molar-refractivity contribution in [2.75, 3.05) is 5.73 Å². The molecule has 0 aliphatic heterocycles. The van der Waals surface area contributed by atoms with Gasteiger partial charge in [-0.2, -0.15) is 0 Å². The standard InChI is InChI=1S/C9H15N3O/c1-6(2)12-5-8(10)9(11-12)13-7-3-4-7/h5-7H,3-4,10H2,1-2H3. The Labute approximate surface area is 77.7 Å². The van der Waals surface area contributed by atoms with Crippen LogP contribution in [-0.2, 0) is 0 Å². The molecule has 1 aliphatic carbocycles. The molecule has 0 radical (unpaired) electrons. The number of anilines is 1. The molecule has 0 saturated heterocycles. The molecule has 1 heterocycles. The van der Waals surface area contributed by atoms with Gasteiger partial charge >= 0.3 is 0 Å². The number of nitrogen functional groups attached to an aromatic ring is 1. The van der Waals surface area contributed by atoms with E-state index in [1.807, 2.05) is 10.9 Å². The van der Waals surface area contributed by atoms with Crippen LogP contribution in [0.3, 0.4) is 0 Å². The Morgan fingerprint density at radius 2 is 2.31 bits per heavy atom. The Kier molecular flexibility index (Phi) is 1.90. The first-order valence-corrected chi connectivity index (χ1v) is 4.68. The van der Waals surface area contributed by atoms with E-state index < -0.39 is 0 Å². The van der Waals surface area contributed by atoms with Crippen LogP contribution in [0.15, 0.2) is 6.20 Å². The van der Waals surface area contributed by atoms with Gasteiger partial charge in [0.05, 0.1) is 6.20 Å². The molecule has 1 aromatic rings. The number of nitrogens with zero attached hydrogens (tertiary/aromatic N) is 2. The Balaban J connectivity index is 2.14. The predicted octanol–water partition coefficient (Wildman–Crippen LogP) is 1.59. The molecule has 0 unspecified atom stereocenters. The van der Waals surface area contributed by atoms with Crippen molar-refractivity contribution in [2.24, 2.45) is 0 Å². The van der Waals surface area contributed by atoms with Crippen LogP contribution >= 0.6 is 0 Å². The van der Waals surface area contributed by atoms with Crippen molar-refractivity contribution in [1.82, 2.24) is 9.78 Å². The van der Waals surface area contributed by atoms with Crippen molar-refractivity contribution < 1.29 is 4.74 Å². The molecule has 0 atom stereocenters. The minimum absolute atomic E-state index is 0.332. The van der Waals surface area contributed by atoms with Crippen LogP contribution in [-0.4, -0.2) is 15.9 Å². The first-order valence-electron chi connectivity index (χ1n) is 4.68. The summed E-state index contributed by atoms with van der Waals surface area (Å²) in [6.07, 6.45) is 4.45. The van der Waals surface area contributed by atoms with Crippen LogP contribution < -0.4 is 10.5 Å². The average Bonchev–Trinajstić information content (AvgIpc) is 2.78. The fourth-order valence-electron chi connectivity index (χ4n) is 1.09. The highest BCUT2D eigenvalue weighted by atomic mass is 16.5. The van der Waals surface area contributed by atoms with E-state index in [-0.39, 0.29) is 0 Å². The Morgan fingerprint density at radius 3 is 2.77 bits per heavy atom. The predicted molar refractivity (Wildman–Crippen MR) is 50.7 cm³/mol. The van der Waals surface area contributed by atoms with E-state index in [9.17, 15) is 0 Å². The van der Waals surface area contributed by atoms with Crippen molar-refractivity contribution in [3.05, 3.63) is 6.20 Å². The average molecular weight is 181 g/mol. The molecular formula is C9H15N3O. The summed E-state index contributed by atoms with van der Waals surface area (Å²) in [5.74, 6) is 0.594. The van der Waals surface area contributed by atoms with Gasteiger partial charge in [-0.25, -0.2) is 0 Å². The minimum Gasteiger partial charge on any atom is -0.472 e. The lowest BCUT2D eigenvalue weighted by Crippen LogP contribution is -2.02. The third-order valence-corrected chi connectivity index (χ3v) is 2.06. The number of hydrogen-bond donors (Lipinski definition) is 1. The van der Waals surface area contributed by atoms with E-state index in [0.717, 1.165) is 12.8 Å². The molecule has 0 spiro atoms. The van der Waals surface area contributed by atoms with Crippen molar-refractivity contribution in [3.63, 3.8) is 0 Å². The van der Waals surface area contributed by atoms with Crippen molar-refractivity contribution in [3.8, 4) is 5.88 Å². The highest BCUT2D eigenvalue weighted by molar-refractivity contribution is 5.46. The van der Waals surface area contributed by atoms with Gasteiger partial charge in [-0.15, -0.1) is 5.10 Å². The molecule has 13 heavy (non-hydrogen) atoms. The van der Waals surface area contributed by atoms with E-state index in [2.05, 4.69) is 18.9 Å². The van der Waals surface area contributed by atoms with Crippen LogP contribution in [0, 0.1) is 0 Å². The molecule has 1 fully saturated rings. The fraction of sp³-hybridized carbons (Fsp3) is 0.667. The summed E-state index contributed by atoms with van der Waals surface area (Å²) < 4.78 is 7.36. The second kappa shape index (κ2) is 2.94. The van der Waals surface area contributed by atoms with Gasteiger partial charge < -0.3 is 10.5 Å². The van der Waals surface area contributed by atoms with Crippen molar-refractivity contribution in [2.45, 2.75) is 38.8 Å². The highest BCUT2D eigenvalue weighted by Gasteiger charge is 2.25. The van der Waals surface area contributed by atoms with Crippen molar-refractivity contribution >= 4 is 5.69 Å². The van der Waals surface area contributed by atoms with E-state index in [1.54, 1.807) is 0 Å². The van der Waals surface area contributed by atoms with Crippen LogP contribution in [0.5, 0.6) is 5.88 Å². The Morgan fingerprint density at radius 1 is 1.62 bits per heavy atom. The number of ether oxygens (including phenoxy) is 1. The molecule has 0 amide bonds. The topological polar surface area (TPSA) is 53.1 Å². The van der Waals surface area contributed by atoms with Gasteiger partial charge in [0.15, 0.2) is 0 Å². The zero-order chi connectivity index (χ0) is 9.42. The Bertz CT molecular complexity index is 302. The largest absolute Gasteiger partial charge is 0.472 e. The highest BCUT2D eigenvalue weighted by Crippen LogP contribution is 2.29. The van der Waals surface area contributed by atoms with Gasteiger partial charge in [0.2, 0.25) is 0 Å². The monoisotopic (exact) mass is 181 g/mol. The van der Waals surface area contributed by atoms with Crippen LogP contribution in [0.4, 0.5) is 5.69 Å². The summed E-state index contributed by atoms with van der Waals surface area (Å²) in [6.45, 7) is 4.13. The molecule has 0 aromatic carbocycles. The van der Waals surface area contributed by atoms with E-state index in [4.69, 9.17) is 10.5 Å². The zero-order valence-corrected chi connectivity index (χ0v) is 8.03. The molecule has 1 aromatic heterocycles. The number of aromatic nitrogens is 2. The van der Waals surface area contributed by atoms with Crippen molar-refractivity contribution in [1.29, 1.82) is 0 Å². The maximum absolute atomic E-state index is 5.75. The lowest BCUT2D eigenvalue weighted by molar-refractivity contribution is 0.286. The molecule has 2 rings (SSSR count). The summed E-state index contributed by atoms with van der Waals surface area (Å²) in [6, 6.07) is 0.332. The second-order valence-corrected chi connectivity index (χ2v) is 3.78. The minimum atomic E-state index is 0.332.